The minimum atomic E-state index is -0.191. The summed E-state index contributed by atoms with van der Waals surface area (Å²) in [6, 6.07) is 10.1. The second-order valence-electron chi connectivity index (χ2n) is 3.64. The third kappa shape index (κ3) is 1.51. The Balaban J connectivity index is 2.31. The normalized spacial score (nSPS) is 26.0. The van der Waals surface area contributed by atoms with Gasteiger partial charge in [0.25, 0.3) is 0 Å². The van der Waals surface area contributed by atoms with Gasteiger partial charge >= 0.3 is 0 Å². The van der Waals surface area contributed by atoms with E-state index in [9.17, 15) is 4.79 Å². The van der Waals surface area contributed by atoms with Crippen molar-refractivity contribution in [2.24, 2.45) is 0 Å². The van der Waals surface area contributed by atoms with E-state index in [-0.39, 0.29) is 5.54 Å². The highest BCUT2D eigenvalue weighted by atomic mass is 16.1. The molecule has 2 rings (SSSR count). The molecule has 1 aliphatic rings. The molecule has 1 saturated heterocycles. The maximum absolute atomic E-state index is 10.6. The van der Waals surface area contributed by atoms with Crippen LogP contribution in [0.5, 0.6) is 0 Å². The van der Waals surface area contributed by atoms with Crippen LogP contribution in [-0.4, -0.2) is 19.5 Å². The number of nitrogens with one attached hydrogen (secondary N) is 2. The average Bonchev–Trinajstić information content (AvgIpc) is 2.70. The second kappa shape index (κ2) is 3.80. The molecule has 1 aromatic rings. The Labute approximate surface area is 83.5 Å². The summed E-state index contributed by atoms with van der Waals surface area (Å²) >= 11 is 0. The Hall–Kier alpha value is -1.35. The van der Waals surface area contributed by atoms with Crippen molar-refractivity contribution in [3.05, 3.63) is 35.9 Å². The molecule has 1 aromatic carbocycles. The number of hydrogen-bond acceptors (Lipinski definition) is 2. The molecule has 74 valence electrons. The van der Waals surface area contributed by atoms with Crippen LogP contribution in [0.2, 0.25) is 0 Å². The zero-order valence-corrected chi connectivity index (χ0v) is 7.99. The van der Waals surface area contributed by atoms with Crippen molar-refractivity contribution >= 4 is 6.41 Å². The van der Waals surface area contributed by atoms with Crippen LogP contribution < -0.4 is 10.6 Å². The minimum Gasteiger partial charge on any atom is -0.348 e. The summed E-state index contributed by atoms with van der Waals surface area (Å²) < 4.78 is 0. The van der Waals surface area contributed by atoms with Crippen LogP contribution in [-0.2, 0) is 10.3 Å². The lowest BCUT2D eigenvalue weighted by Crippen LogP contribution is -2.43. The van der Waals surface area contributed by atoms with Crippen LogP contribution in [0, 0.1) is 0 Å². The molecule has 2 N–H and O–H groups in total. The van der Waals surface area contributed by atoms with Gasteiger partial charge in [0.2, 0.25) is 6.41 Å². The lowest BCUT2D eigenvalue weighted by molar-refractivity contribution is -0.111. The van der Waals surface area contributed by atoms with Crippen LogP contribution in [0.4, 0.5) is 0 Å². The number of rotatable bonds is 3. The Morgan fingerprint density at radius 3 is 2.71 bits per heavy atom. The standard InChI is InChI=1S/C11H14N2O/c14-9-13-11(6-7-12-8-11)10-4-2-1-3-5-10/h1-5,9,12H,6-8H2,(H,13,14). The van der Waals surface area contributed by atoms with Crippen LogP contribution >= 0.6 is 0 Å². The first-order valence-corrected chi connectivity index (χ1v) is 4.85. The van der Waals surface area contributed by atoms with Gasteiger partial charge in [-0.05, 0) is 18.5 Å². The zero-order chi connectivity index (χ0) is 9.86. The van der Waals surface area contributed by atoms with E-state index in [0.29, 0.717) is 0 Å². The van der Waals surface area contributed by atoms with Crippen molar-refractivity contribution in [2.75, 3.05) is 13.1 Å². The van der Waals surface area contributed by atoms with Crippen LogP contribution in [0.1, 0.15) is 12.0 Å². The summed E-state index contributed by atoms with van der Waals surface area (Å²) in [5.41, 5.74) is 0.986. The number of benzene rings is 1. The van der Waals surface area contributed by atoms with Gasteiger partial charge in [0.15, 0.2) is 0 Å². The van der Waals surface area contributed by atoms with Crippen molar-refractivity contribution < 1.29 is 4.79 Å². The van der Waals surface area contributed by atoms with Gasteiger partial charge in [-0.2, -0.15) is 0 Å². The van der Waals surface area contributed by atoms with Gasteiger partial charge in [-0.1, -0.05) is 30.3 Å². The number of amides is 1. The SMILES string of the molecule is O=CNC1(c2ccccc2)CCNC1. The summed E-state index contributed by atoms with van der Waals surface area (Å²) in [5.74, 6) is 0. The molecule has 0 radical (unpaired) electrons. The number of carbonyl (C=O) groups is 1. The van der Waals surface area contributed by atoms with E-state index in [4.69, 9.17) is 0 Å². The van der Waals surface area contributed by atoms with Crippen LogP contribution in [0.15, 0.2) is 30.3 Å². The van der Waals surface area contributed by atoms with Gasteiger partial charge < -0.3 is 10.6 Å². The second-order valence-corrected chi connectivity index (χ2v) is 3.64. The highest BCUT2D eigenvalue weighted by Crippen LogP contribution is 2.26. The fraction of sp³-hybridized carbons (Fsp3) is 0.364. The summed E-state index contributed by atoms with van der Waals surface area (Å²) in [7, 11) is 0. The molecule has 1 atom stereocenters. The molecule has 0 aromatic heterocycles. The summed E-state index contributed by atoms with van der Waals surface area (Å²) in [6.45, 7) is 1.77. The third-order valence-corrected chi connectivity index (χ3v) is 2.82. The predicted molar refractivity (Wildman–Crippen MR) is 54.8 cm³/mol. The molecule has 3 nitrogen and oxygen atoms in total. The quantitative estimate of drug-likeness (QED) is 0.686. The first-order valence-electron chi connectivity index (χ1n) is 4.85. The number of hydrogen-bond donors (Lipinski definition) is 2. The first kappa shape index (κ1) is 9.21. The van der Waals surface area contributed by atoms with E-state index in [1.54, 1.807) is 0 Å². The number of carbonyl (C=O) groups excluding carboxylic acids is 1. The topological polar surface area (TPSA) is 41.1 Å². The fourth-order valence-electron chi connectivity index (χ4n) is 2.01. The molecule has 0 bridgehead atoms. The maximum Gasteiger partial charge on any atom is 0.207 e. The largest absolute Gasteiger partial charge is 0.348 e. The monoisotopic (exact) mass is 190 g/mol. The van der Waals surface area contributed by atoms with Crippen molar-refractivity contribution in [1.29, 1.82) is 0 Å². The zero-order valence-electron chi connectivity index (χ0n) is 7.99. The molecule has 0 saturated carbocycles. The molecule has 14 heavy (non-hydrogen) atoms. The van der Waals surface area contributed by atoms with Crippen molar-refractivity contribution in [3.63, 3.8) is 0 Å². The molecule has 3 heteroatoms. The molecule has 1 fully saturated rings. The lowest BCUT2D eigenvalue weighted by Gasteiger charge is -2.28. The first-order chi connectivity index (χ1) is 6.87. The van der Waals surface area contributed by atoms with Gasteiger partial charge in [-0.3, -0.25) is 4.79 Å². The van der Waals surface area contributed by atoms with Gasteiger partial charge in [0, 0.05) is 6.54 Å². The Morgan fingerprint density at radius 2 is 2.14 bits per heavy atom. The highest BCUT2D eigenvalue weighted by Gasteiger charge is 2.34. The Kier molecular flexibility index (Phi) is 2.50. The van der Waals surface area contributed by atoms with Crippen molar-refractivity contribution in [1.82, 2.24) is 10.6 Å². The van der Waals surface area contributed by atoms with E-state index in [1.165, 1.54) is 5.56 Å². The van der Waals surface area contributed by atoms with E-state index in [0.717, 1.165) is 25.9 Å². The highest BCUT2D eigenvalue weighted by molar-refractivity contribution is 5.50. The molecular formula is C11H14N2O. The maximum atomic E-state index is 10.6. The van der Waals surface area contributed by atoms with E-state index in [2.05, 4.69) is 22.8 Å². The van der Waals surface area contributed by atoms with E-state index in [1.807, 2.05) is 18.2 Å². The summed E-state index contributed by atoms with van der Waals surface area (Å²) in [6.07, 6.45) is 1.75. The van der Waals surface area contributed by atoms with E-state index >= 15 is 0 Å². The lowest BCUT2D eigenvalue weighted by atomic mass is 9.89. The Bertz CT molecular complexity index is 304. The smallest absolute Gasteiger partial charge is 0.207 e. The minimum absolute atomic E-state index is 0.191. The van der Waals surface area contributed by atoms with Gasteiger partial charge in [0.05, 0.1) is 5.54 Å². The van der Waals surface area contributed by atoms with Crippen LogP contribution in [0.25, 0.3) is 0 Å². The molecular weight excluding hydrogens is 176 g/mol. The van der Waals surface area contributed by atoms with Gasteiger partial charge in [-0.15, -0.1) is 0 Å². The van der Waals surface area contributed by atoms with Crippen molar-refractivity contribution in [2.45, 2.75) is 12.0 Å². The molecule has 1 unspecified atom stereocenters. The summed E-state index contributed by atoms with van der Waals surface area (Å²) in [5, 5.41) is 6.21. The Morgan fingerprint density at radius 1 is 1.36 bits per heavy atom. The van der Waals surface area contributed by atoms with Crippen molar-refractivity contribution in [3.8, 4) is 0 Å². The fourth-order valence-corrected chi connectivity index (χ4v) is 2.01. The average molecular weight is 190 g/mol. The van der Waals surface area contributed by atoms with Crippen LogP contribution in [0.3, 0.4) is 0 Å². The van der Waals surface area contributed by atoms with E-state index < -0.39 is 0 Å². The third-order valence-electron chi connectivity index (χ3n) is 2.82. The summed E-state index contributed by atoms with van der Waals surface area (Å²) in [4.78, 5) is 10.6. The molecule has 1 heterocycles. The van der Waals surface area contributed by atoms with Gasteiger partial charge in [-0.25, -0.2) is 0 Å². The molecule has 1 aliphatic heterocycles. The van der Waals surface area contributed by atoms with Gasteiger partial charge in [0.1, 0.15) is 0 Å². The molecule has 0 spiro atoms. The predicted octanol–water partition coefficient (Wildman–Crippen LogP) is 0.621. The molecule has 1 amide bonds. The molecule has 0 aliphatic carbocycles.